The number of rotatable bonds is 16. The van der Waals surface area contributed by atoms with Gasteiger partial charge in [-0.05, 0) is 55.7 Å². The fraction of sp³-hybridized carbons (Fsp3) is 0.500. The molecule has 206 valence electrons. The molecule has 0 saturated carbocycles. The first-order chi connectivity index (χ1) is 18.1. The topological polar surface area (TPSA) is 89.5 Å². The fourth-order valence-corrected chi connectivity index (χ4v) is 4.64. The predicted octanol–water partition coefficient (Wildman–Crippen LogP) is 5.96. The minimum absolute atomic E-state index is 0.0165. The summed E-state index contributed by atoms with van der Waals surface area (Å²) in [5.74, 6) is -0.925. The lowest BCUT2D eigenvalue weighted by molar-refractivity contribution is -0.148. The molecule has 0 aromatic heterocycles. The number of ketones is 2. The molecule has 0 fully saturated rings. The Bertz CT molecular complexity index is 1050. The smallest absolute Gasteiger partial charge is 0.308 e. The molecule has 0 radical (unpaired) electrons. The van der Waals surface area contributed by atoms with Crippen molar-refractivity contribution in [2.45, 2.75) is 79.2 Å². The molecule has 2 aromatic rings. The summed E-state index contributed by atoms with van der Waals surface area (Å²) in [6.45, 7) is 9.46. The summed E-state index contributed by atoms with van der Waals surface area (Å²) >= 11 is 0. The fourth-order valence-electron chi connectivity index (χ4n) is 4.64. The van der Waals surface area contributed by atoms with Crippen LogP contribution >= 0.6 is 0 Å². The van der Waals surface area contributed by atoms with Crippen molar-refractivity contribution in [1.29, 1.82) is 0 Å². The van der Waals surface area contributed by atoms with Gasteiger partial charge in [-0.15, -0.1) is 0 Å². The van der Waals surface area contributed by atoms with Crippen LogP contribution in [-0.4, -0.2) is 36.1 Å². The average Bonchev–Trinajstić information content (AvgIpc) is 2.87. The van der Waals surface area contributed by atoms with Crippen LogP contribution in [0.15, 0.2) is 54.6 Å². The largest absolute Gasteiger partial charge is 0.466 e. The summed E-state index contributed by atoms with van der Waals surface area (Å²) in [4.78, 5) is 49.5. The van der Waals surface area contributed by atoms with Crippen molar-refractivity contribution < 1.29 is 23.9 Å². The molecule has 0 aliphatic carbocycles. The van der Waals surface area contributed by atoms with Gasteiger partial charge in [0.25, 0.3) is 0 Å². The third-order valence-corrected chi connectivity index (χ3v) is 6.67. The summed E-state index contributed by atoms with van der Waals surface area (Å²) in [6, 6.07) is 18.0. The Balaban J connectivity index is 2.02. The lowest BCUT2D eigenvalue weighted by atomic mass is 9.88. The van der Waals surface area contributed by atoms with Crippen LogP contribution in [-0.2, 0) is 30.3 Å². The molecule has 0 unspecified atom stereocenters. The first kappa shape index (κ1) is 30.9. The van der Waals surface area contributed by atoms with Crippen LogP contribution < -0.4 is 5.32 Å². The third-order valence-electron chi connectivity index (χ3n) is 6.67. The van der Waals surface area contributed by atoms with Gasteiger partial charge in [0, 0.05) is 31.2 Å². The van der Waals surface area contributed by atoms with Gasteiger partial charge < -0.3 is 10.1 Å². The molecule has 1 N–H and O–H groups in total. The lowest BCUT2D eigenvalue weighted by Crippen LogP contribution is -2.39. The van der Waals surface area contributed by atoms with Crippen LogP contribution in [0.25, 0.3) is 11.1 Å². The molecule has 2 rings (SSSR count). The quantitative estimate of drug-likeness (QED) is 0.275. The van der Waals surface area contributed by atoms with Crippen LogP contribution in [0.5, 0.6) is 0 Å². The number of nitrogens with one attached hydrogen (secondary N) is 1. The van der Waals surface area contributed by atoms with Gasteiger partial charge >= 0.3 is 5.97 Å². The summed E-state index contributed by atoms with van der Waals surface area (Å²) in [7, 11) is 0. The number of benzene rings is 2. The maximum absolute atomic E-state index is 12.8. The predicted molar refractivity (Wildman–Crippen MR) is 150 cm³/mol. The number of ether oxygens (including phenoxy) is 1. The van der Waals surface area contributed by atoms with Gasteiger partial charge in [-0.3, -0.25) is 19.2 Å². The SMILES string of the molecule is CCOC(=O)[C@H](C)C[C@@H](Cc1ccc(-c2ccccc2)cc1)NC(=O)CCC(=O)C[C@@H](CC(C)C)C(C)=O. The first-order valence-corrected chi connectivity index (χ1v) is 13.7. The molecule has 0 saturated heterocycles. The van der Waals surface area contributed by atoms with Crippen molar-refractivity contribution in [3.05, 3.63) is 60.2 Å². The second kappa shape index (κ2) is 15.9. The zero-order chi connectivity index (χ0) is 28.1. The number of amides is 1. The summed E-state index contributed by atoms with van der Waals surface area (Å²) < 4.78 is 5.16. The van der Waals surface area contributed by atoms with E-state index < -0.39 is 0 Å². The minimum Gasteiger partial charge on any atom is -0.466 e. The highest BCUT2D eigenvalue weighted by molar-refractivity contribution is 5.89. The first-order valence-electron chi connectivity index (χ1n) is 13.7. The van der Waals surface area contributed by atoms with E-state index in [0.717, 1.165) is 16.7 Å². The van der Waals surface area contributed by atoms with Crippen molar-refractivity contribution in [3.8, 4) is 11.1 Å². The molecule has 0 bridgehead atoms. The Morgan fingerprint density at radius 3 is 2.05 bits per heavy atom. The number of esters is 1. The standard InChI is InChI=1S/C32H43NO5/c1-6-38-32(37)23(4)19-29(20-25-12-14-27(15-13-25)26-10-8-7-9-11-26)33-31(36)17-16-30(35)21-28(24(5)34)18-22(2)3/h7-15,22-23,28-29H,6,16-21H2,1-5H3,(H,33,36)/t23-,28-,29+/m1/s1. The molecule has 0 aliphatic heterocycles. The Kier molecular flexibility index (Phi) is 12.9. The van der Waals surface area contributed by atoms with Gasteiger partial charge in [0.2, 0.25) is 5.91 Å². The summed E-state index contributed by atoms with van der Waals surface area (Å²) in [5, 5.41) is 3.04. The number of hydrogen-bond acceptors (Lipinski definition) is 5. The van der Waals surface area contributed by atoms with Crippen LogP contribution in [0.1, 0.15) is 72.3 Å². The van der Waals surface area contributed by atoms with Crippen LogP contribution in [0.3, 0.4) is 0 Å². The monoisotopic (exact) mass is 521 g/mol. The van der Waals surface area contributed by atoms with E-state index in [1.807, 2.05) is 44.2 Å². The molecule has 2 aromatic carbocycles. The molecular weight excluding hydrogens is 478 g/mol. The number of carbonyl (C=O) groups is 4. The zero-order valence-corrected chi connectivity index (χ0v) is 23.5. The summed E-state index contributed by atoms with van der Waals surface area (Å²) in [6.07, 6.45) is 1.99. The second-order valence-corrected chi connectivity index (χ2v) is 10.6. The molecule has 0 heterocycles. The van der Waals surface area contributed by atoms with Crippen LogP contribution in [0, 0.1) is 17.8 Å². The van der Waals surface area contributed by atoms with Crippen molar-refractivity contribution >= 4 is 23.4 Å². The van der Waals surface area contributed by atoms with Crippen molar-refractivity contribution in [1.82, 2.24) is 5.32 Å². The van der Waals surface area contributed by atoms with E-state index in [2.05, 4.69) is 29.6 Å². The van der Waals surface area contributed by atoms with Gasteiger partial charge in [-0.2, -0.15) is 0 Å². The highest BCUT2D eigenvalue weighted by Gasteiger charge is 2.23. The molecule has 0 spiro atoms. The van der Waals surface area contributed by atoms with E-state index >= 15 is 0 Å². The Hall–Kier alpha value is -3.28. The van der Waals surface area contributed by atoms with E-state index in [4.69, 9.17) is 4.74 Å². The van der Waals surface area contributed by atoms with Gasteiger partial charge in [0.05, 0.1) is 12.5 Å². The van der Waals surface area contributed by atoms with E-state index in [1.54, 1.807) is 13.8 Å². The van der Waals surface area contributed by atoms with Gasteiger partial charge in [-0.25, -0.2) is 0 Å². The average molecular weight is 522 g/mol. The highest BCUT2D eigenvalue weighted by Crippen LogP contribution is 2.21. The Labute approximate surface area is 227 Å². The Morgan fingerprint density at radius 2 is 1.47 bits per heavy atom. The lowest BCUT2D eigenvalue weighted by Gasteiger charge is -2.22. The number of carbonyl (C=O) groups excluding carboxylic acids is 4. The van der Waals surface area contributed by atoms with E-state index in [9.17, 15) is 19.2 Å². The van der Waals surface area contributed by atoms with Crippen molar-refractivity contribution in [2.24, 2.45) is 17.8 Å². The minimum atomic E-state index is -0.377. The van der Waals surface area contributed by atoms with Gasteiger partial charge in [0.1, 0.15) is 11.6 Å². The van der Waals surface area contributed by atoms with E-state index in [1.165, 1.54) is 6.92 Å². The molecular formula is C32H43NO5. The number of hydrogen-bond donors (Lipinski definition) is 1. The Morgan fingerprint density at radius 1 is 0.842 bits per heavy atom. The maximum atomic E-state index is 12.8. The molecule has 38 heavy (non-hydrogen) atoms. The molecule has 3 atom stereocenters. The normalized spacial score (nSPS) is 13.4. The van der Waals surface area contributed by atoms with Crippen molar-refractivity contribution in [3.63, 3.8) is 0 Å². The van der Waals surface area contributed by atoms with Crippen LogP contribution in [0.2, 0.25) is 0 Å². The molecule has 1 amide bonds. The molecule has 0 aliphatic rings. The van der Waals surface area contributed by atoms with E-state index in [0.29, 0.717) is 31.8 Å². The second-order valence-electron chi connectivity index (χ2n) is 10.6. The summed E-state index contributed by atoms with van der Waals surface area (Å²) in [5.41, 5.74) is 3.28. The van der Waals surface area contributed by atoms with Crippen molar-refractivity contribution in [2.75, 3.05) is 6.61 Å². The third kappa shape index (κ3) is 11.0. The molecule has 6 heteroatoms. The maximum Gasteiger partial charge on any atom is 0.308 e. The van der Waals surface area contributed by atoms with Gasteiger partial charge in [-0.1, -0.05) is 75.4 Å². The zero-order valence-electron chi connectivity index (χ0n) is 23.5. The number of Topliss-reactive ketones (excluding diaryl/α,β-unsaturated/α-hetero) is 2. The highest BCUT2D eigenvalue weighted by atomic mass is 16.5. The van der Waals surface area contributed by atoms with Crippen LogP contribution in [0.4, 0.5) is 0 Å². The van der Waals surface area contributed by atoms with Gasteiger partial charge in [0.15, 0.2) is 0 Å². The molecule has 6 nitrogen and oxygen atoms in total. The van der Waals surface area contributed by atoms with E-state index in [-0.39, 0.29) is 60.6 Å².